The van der Waals surface area contributed by atoms with Gasteiger partial charge in [0.15, 0.2) is 11.5 Å². The molecule has 6 heteroatoms. The number of rotatable bonds is 6. The van der Waals surface area contributed by atoms with E-state index in [9.17, 15) is 9.59 Å². The van der Waals surface area contributed by atoms with Crippen LogP contribution in [0.3, 0.4) is 0 Å². The summed E-state index contributed by atoms with van der Waals surface area (Å²) in [5.41, 5.74) is 0.884. The van der Waals surface area contributed by atoms with Gasteiger partial charge in [-0.05, 0) is 24.6 Å². The number of hydrogen-bond donors (Lipinski definition) is 1. The summed E-state index contributed by atoms with van der Waals surface area (Å²) in [6.45, 7) is 3.07. The van der Waals surface area contributed by atoms with Crippen molar-refractivity contribution in [2.24, 2.45) is 5.92 Å². The van der Waals surface area contributed by atoms with E-state index in [-0.39, 0.29) is 18.9 Å². The van der Waals surface area contributed by atoms with Gasteiger partial charge < -0.3 is 19.5 Å². The van der Waals surface area contributed by atoms with Crippen molar-refractivity contribution < 1.29 is 24.2 Å². The predicted molar refractivity (Wildman–Crippen MR) is 75.3 cm³/mol. The highest BCUT2D eigenvalue weighted by Crippen LogP contribution is 2.29. The summed E-state index contributed by atoms with van der Waals surface area (Å²) in [6.07, 6.45) is 0.0729. The van der Waals surface area contributed by atoms with Crippen LogP contribution in [0.5, 0.6) is 11.5 Å². The molecule has 6 nitrogen and oxygen atoms in total. The number of carbonyl (C=O) groups excluding carboxylic acids is 1. The molecule has 1 aromatic rings. The highest BCUT2D eigenvalue weighted by molar-refractivity contribution is 5.86. The average Bonchev–Trinajstić information content (AvgIpc) is 2.82. The monoisotopic (exact) mass is 293 g/mol. The van der Waals surface area contributed by atoms with Crippen molar-refractivity contribution in [2.45, 2.75) is 19.9 Å². The number of benzene rings is 1. The van der Waals surface area contributed by atoms with Crippen molar-refractivity contribution in [1.29, 1.82) is 0 Å². The summed E-state index contributed by atoms with van der Waals surface area (Å²) < 4.78 is 10.7. The molecule has 0 radical (unpaired) electrons. The Morgan fingerprint density at radius 1 is 1.43 bits per heavy atom. The summed E-state index contributed by atoms with van der Waals surface area (Å²) in [5, 5.41) is 8.98. The lowest BCUT2D eigenvalue weighted by molar-refractivity contribution is -0.141. The van der Waals surface area contributed by atoms with Crippen LogP contribution in [-0.4, -0.2) is 42.1 Å². The Morgan fingerprint density at radius 2 is 2.19 bits per heavy atom. The average molecular weight is 293 g/mol. The molecule has 0 aromatic heterocycles. The molecule has 0 aliphatic carbocycles. The zero-order chi connectivity index (χ0) is 15.4. The Balaban J connectivity index is 2.09. The van der Waals surface area contributed by atoms with Crippen LogP contribution in [0, 0.1) is 5.92 Å². The van der Waals surface area contributed by atoms with Crippen molar-refractivity contribution in [3.05, 3.63) is 23.8 Å². The number of ether oxygens (including phenoxy) is 2. The van der Waals surface area contributed by atoms with Crippen LogP contribution >= 0.6 is 0 Å². The summed E-state index contributed by atoms with van der Waals surface area (Å²) in [7, 11) is 1.56. The Kier molecular flexibility index (Phi) is 4.67. The van der Waals surface area contributed by atoms with E-state index >= 15 is 0 Å². The van der Waals surface area contributed by atoms with Gasteiger partial charge in [-0.25, -0.2) is 0 Å². The van der Waals surface area contributed by atoms with Crippen molar-refractivity contribution in [3.8, 4) is 11.5 Å². The number of carboxylic acid groups (broad SMARTS) is 1. The Hall–Kier alpha value is -2.24. The van der Waals surface area contributed by atoms with Gasteiger partial charge in [-0.15, -0.1) is 0 Å². The van der Waals surface area contributed by atoms with Gasteiger partial charge in [-0.2, -0.15) is 0 Å². The molecule has 0 bridgehead atoms. The maximum absolute atomic E-state index is 11.8. The normalized spacial score (nSPS) is 17.9. The smallest absolute Gasteiger partial charge is 0.308 e. The van der Waals surface area contributed by atoms with Crippen LogP contribution in [0.15, 0.2) is 18.2 Å². The Labute approximate surface area is 123 Å². The van der Waals surface area contributed by atoms with Crippen molar-refractivity contribution in [1.82, 2.24) is 4.90 Å². The third kappa shape index (κ3) is 3.45. The van der Waals surface area contributed by atoms with Gasteiger partial charge in [0.05, 0.1) is 19.6 Å². The summed E-state index contributed by atoms with van der Waals surface area (Å²) in [6, 6.07) is 5.47. The number of aliphatic carboxylic acids is 1. The quantitative estimate of drug-likeness (QED) is 0.860. The van der Waals surface area contributed by atoms with E-state index < -0.39 is 11.9 Å². The lowest BCUT2D eigenvalue weighted by Gasteiger charge is -2.17. The van der Waals surface area contributed by atoms with Crippen LogP contribution in [0.4, 0.5) is 0 Å². The van der Waals surface area contributed by atoms with Crippen LogP contribution in [0.2, 0.25) is 0 Å². The van der Waals surface area contributed by atoms with Gasteiger partial charge in [-0.1, -0.05) is 6.07 Å². The zero-order valence-electron chi connectivity index (χ0n) is 12.2. The second kappa shape index (κ2) is 6.47. The first-order chi connectivity index (χ1) is 10.0. The first-order valence-corrected chi connectivity index (χ1v) is 6.85. The fourth-order valence-electron chi connectivity index (χ4n) is 2.40. The lowest BCUT2D eigenvalue weighted by atomic mass is 10.1. The largest absolute Gasteiger partial charge is 0.493 e. The third-order valence-electron chi connectivity index (χ3n) is 3.47. The molecule has 1 aliphatic rings. The minimum Gasteiger partial charge on any atom is -0.493 e. The topological polar surface area (TPSA) is 76.1 Å². The molecule has 1 atom stereocenters. The van der Waals surface area contributed by atoms with Crippen LogP contribution in [0.25, 0.3) is 0 Å². The highest BCUT2D eigenvalue weighted by Gasteiger charge is 2.34. The maximum Gasteiger partial charge on any atom is 0.308 e. The van der Waals surface area contributed by atoms with E-state index in [0.717, 1.165) is 5.56 Å². The van der Waals surface area contributed by atoms with E-state index in [1.807, 2.05) is 19.1 Å². The molecule has 1 fully saturated rings. The minimum absolute atomic E-state index is 0.0729. The summed E-state index contributed by atoms with van der Waals surface area (Å²) in [5.74, 6) is -0.400. The van der Waals surface area contributed by atoms with E-state index in [1.165, 1.54) is 0 Å². The Bertz CT molecular complexity index is 543. The molecule has 1 aromatic carbocycles. The number of nitrogens with zero attached hydrogens (tertiary/aromatic N) is 1. The molecule has 1 N–H and O–H groups in total. The SMILES string of the molecule is CCOc1ccc(CN2CC(C(=O)O)CC2=O)cc1OC. The fraction of sp³-hybridized carbons (Fsp3) is 0.467. The van der Waals surface area contributed by atoms with E-state index in [0.29, 0.717) is 24.7 Å². The fourth-order valence-corrected chi connectivity index (χ4v) is 2.40. The molecular formula is C15H19NO5. The number of methoxy groups -OCH3 is 1. The molecule has 1 saturated heterocycles. The predicted octanol–water partition coefficient (Wildman–Crippen LogP) is 1.53. The van der Waals surface area contributed by atoms with E-state index in [1.54, 1.807) is 18.1 Å². The number of amides is 1. The van der Waals surface area contributed by atoms with Gasteiger partial charge in [-0.3, -0.25) is 9.59 Å². The van der Waals surface area contributed by atoms with Crippen molar-refractivity contribution >= 4 is 11.9 Å². The van der Waals surface area contributed by atoms with Gasteiger partial charge in [0, 0.05) is 19.5 Å². The summed E-state index contributed by atoms with van der Waals surface area (Å²) >= 11 is 0. The second-order valence-electron chi connectivity index (χ2n) is 4.93. The third-order valence-corrected chi connectivity index (χ3v) is 3.47. The van der Waals surface area contributed by atoms with E-state index in [2.05, 4.69) is 0 Å². The summed E-state index contributed by atoms with van der Waals surface area (Å²) in [4.78, 5) is 24.3. The second-order valence-corrected chi connectivity index (χ2v) is 4.93. The maximum atomic E-state index is 11.8. The van der Waals surface area contributed by atoms with Crippen LogP contribution < -0.4 is 9.47 Å². The lowest BCUT2D eigenvalue weighted by Crippen LogP contribution is -2.25. The molecule has 0 saturated carbocycles. The van der Waals surface area contributed by atoms with Gasteiger partial charge in [0.2, 0.25) is 5.91 Å². The van der Waals surface area contributed by atoms with Crippen molar-refractivity contribution in [3.63, 3.8) is 0 Å². The van der Waals surface area contributed by atoms with Crippen LogP contribution in [-0.2, 0) is 16.1 Å². The molecule has 0 spiro atoms. The van der Waals surface area contributed by atoms with Gasteiger partial charge in [0.1, 0.15) is 0 Å². The van der Waals surface area contributed by atoms with Crippen molar-refractivity contribution in [2.75, 3.05) is 20.3 Å². The molecule has 114 valence electrons. The Morgan fingerprint density at radius 3 is 2.76 bits per heavy atom. The van der Waals surface area contributed by atoms with E-state index in [4.69, 9.17) is 14.6 Å². The standard InChI is InChI=1S/C15H19NO5/c1-3-21-12-5-4-10(6-13(12)20-2)8-16-9-11(15(18)19)7-14(16)17/h4-6,11H,3,7-9H2,1-2H3,(H,18,19). The zero-order valence-corrected chi connectivity index (χ0v) is 12.2. The van der Waals surface area contributed by atoms with Gasteiger partial charge >= 0.3 is 5.97 Å². The minimum atomic E-state index is -0.921. The highest BCUT2D eigenvalue weighted by atomic mass is 16.5. The number of likely N-dealkylation sites (tertiary alicyclic amines) is 1. The molecule has 1 heterocycles. The first kappa shape index (κ1) is 15.2. The molecule has 2 rings (SSSR count). The van der Waals surface area contributed by atoms with Crippen LogP contribution in [0.1, 0.15) is 18.9 Å². The molecule has 1 aliphatic heterocycles. The number of carboxylic acids is 1. The first-order valence-electron chi connectivity index (χ1n) is 6.85. The number of carbonyl (C=O) groups is 2. The number of hydrogen-bond acceptors (Lipinski definition) is 4. The van der Waals surface area contributed by atoms with Gasteiger partial charge in [0.25, 0.3) is 0 Å². The molecular weight excluding hydrogens is 274 g/mol. The molecule has 21 heavy (non-hydrogen) atoms. The molecule has 1 amide bonds. The molecule has 1 unspecified atom stereocenters.